The van der Waals surface area contributed by atoms with Gasteiger partial charge >= 0.3 is 11.9 Å². The van der Waals surface area contributed by atoms with Crippen LogP contribution in [0.15, 0.2) is 62.8 Å². The van der Waals surface area contributed by atoms with Crippen LogP contribution in [0.3, 0.4) is 0 Å². The second-order valence-corrected chi connectivity index (χ2v) is 9.21. The fraction of sp³-hybridized carbons (Fsp3) is 0.250. The fourth-order valence-electron chi connectivity index (χ4n) is 3.67. The summed E-state index contributed by atoms with van der Waals surface area (Å²) in [6.07, 6.45) is 1.81. The molecule has 1 atom stereocenters. The standard InChI is InChI=1S/C24H22N2O6S2/c1-4-31-19(27)13-32-17-10-6-5-9-16(17)21-20(23(29)30-3)14(2)25-24-26(21)22(28)18(34-24)12-15-8-7-11-33-15/h5-12,21H,4,13H2,1-3H3. The van der Waals surface area contributed by atoms with Crippen molar-refractivity contribution in [2.75, 3.05) is 20.3 Å². The number of aromatic nitrogens is 1. The number of nitrogens with zero attached hydrogens (tertiary/aromatic N) is 2. The smallest absolute Gasteiger partial charge is 0.344 e. The van der Waals surface area contributed by atoms with Crippen LogP contribution in [0.25, 0.3) is 6.08 Å². The Morgan fingerprint density at radius 2 is 2.00 bits per heavy atom. The van der Waals surface area contributed by atoms with Crippen LogP contribution < -0.4 is 19.6 Å². The summed E-state index contributed by atoms with van der Waals surface area (Å²) >= 11 is 2.77. The van der Waals surface area contributed by atoms with E-state index in [1.54, 1.807) is 38.1 Å². The number of hydrogen-bond donors (Lipinski definition) is 0. The molecular formula is C24H22N2O6S2. The Bertz CT molecular complexity index is 1430. The van der Waals surface area contributed by atoms with Crippen molar-refractivity contribution in [3.8, 4) is 5.75 Å². The largest absolute Gasteiger partial charge is 0.482 e. The van der Waals surface area contributed by atoms with Gasteiger partial charge in [-0.1, -0.05) is 35.6 Å². The second kappa shape index (κ2) is 10.2. The summed E-state index contributed by atoms with van der Waals surface area (Å²) in [5, 5.41) is 1.93. The third kappa shape index (κ3) is 4.59. The molecule has 0 N–H and O–H groups in total. The third-order valence-electron chi connectivity index (χ3n) is 5.11. The minimum absolute atomic E-state index is 0.227. The topological polar surface area (TPSA) is 96.2 Å². The molecule has 0 bridgehead atoms. The molecule has 34 heavy (non-hydrogen) atoms. The van der Waals surface area contributed by atoms with E-state index < -0.39 is 18.0 Å². The molecule has 3 heterocycles. The van der Waals surface area contributed by atoms with Gasteiger partial charge in [0.1, 0.15) is 11.8 Å². The van der Waals surface area contributed by atoms with E-state index in [0.717, 1.165) is 4.88 Å². The Kier molecular flexibility index (Phi) is 7.09. The Labute approximate surface area is 203 Å². The van der Waals surface area contributed by atoms with Crippen LogP contribution >= 0.6 is 22.7 Å². The highest BCUT2D eigenvalue weighted by molar-refractivity contribution is 7.11. The summed E-state index contributed by atoms with van der Waals surface area (Å²) < 4.78 is 17.7. The number of ether oxygens (including phenoxy) is 3. The molecule has 1 aliphatic heterocycles. The highest BCUT2D eigenvalue weighted by Gasteiger charge is 2.34. The zero-order valence-electron chi connectivity index (χ0n) is 18.8. The van der Waals surface area contributed by atoms with Gasteiger partial charge in [-0.05, 0) is 37.4 Å². The number of carbonyl (C=O) groups excluding carboxylic acids is 2. The zero-order valence-corrected chi connectivity index (χ0v) is 20.4. The van der Waals surface area contributed by atoms with Crippen LogP contribution in [0.4, 0.5) is 0 Å². The van der Waals surface area contributed by atoms with Gasteiger partial charge in [-0.15, -0.1) is 11.3 Å². The predicted molar refractivity (Wildman–Crippen MR) is 129 cm³/mol. The molecule has 4 rings (SSSR count). The number of thiazole rings is 1. The van der Waals surface area contributed by atoms with Gasteiger partial charge in [0.05, 0.1) is 29.5 Å². The molecule has 1 aliphatic rings. The van der Waals surface area contributed by atoms with Gasteiger partial charge in [0.25, 0.3) is 5.56 Å². The molecule has 0 saturated carbocycles. The summed E-state index contributed by atoms with van der Waals surface area (Å²) in [6.45, 7) is 3.35. The molecule has 2 aromatic heterocycles. The maximum atomic E-state index is 13.5. The second-order valence-electron chi connectivity index (χ2n) is 7.22. The highest BCUT2D eigenvalue weighted by atomic mass is 32.1. The third-order valence-corrected chi connectivity index (χ3v) is 6.91. The van der Waals surface area contributed by atoms with E-state index in [2.05, 4.69) is 4.99 Å². The molecule has 0 radical (unpaired) electrons. The Hall–Kier alpha value is -3.50. The molecule has 176 valence electrons. The summed E-state index contributed by atoms with van der Waals surface area (Å²) in [6, 6.07) is 9.95. The van der Waals surface area contributed by atoms with Crippen molar-refractivity contribution >= 4 is 40.7 Å². The molecule has 0 saturated heterocycles. The molecule has 0 fully saturated rings. The minimum atomic E-state index is -0.840. The van der Waals surface area contributed by atoms with Crippen LogP contribution in [0.5, 0.6) is 5.75 Å². The average molecular weight is 499 g/mol. The van der Waals surface area contributed by atoms with Crippen LogP contribution in [-0.2, 0) is 19.1 Å². The van der Waals surface area contributed by atoms with Crippen molar-refractivity contribution in [1.82, 2.24) is 4.57 Å². The van der Waals surface area contributed by atoms with E-state index in [-0.39, 0.29) is 24.3 Å². The highest BCUT2D eigenvalue weighted by Crippen LogP contribution is 2.35. The summed E-state index contributed by atoms with van der Waals surface area (Å²) in [5.74, 6) is -0.763. The van der Waals surface area contributed by atoms with Crippen molar-refractivity contribution < 1.29 is 23.8 Å². The van der Waals surface area contributed by atoms with Gasteiger partial charge in [-0.3, -0.25) is 9.36 Å². The van der Waals surface area contributed by atoms with Gasteiger partial charge in [0.2, 0.25) is 0 Å². The van der Waals surface area contributed by atoms with Crippen LogP contribution in [-0.4, -0.2) is 36.8 Å². The van der Waals surface area contributed by atoms with Gasteiger partial charge < -0.3 is 14.2 Å². The number of fused-ring (bicyclic) bond motifs is 1. The van der Waals surface area contributed by atoms with Crippen molar-refractivity contribution in [3.05, 3.63) is 83.2 Å². The lowest BCUT2D eigenvalue weighted by Crippen LogP contribution is -2.40. The van der Waals surface area contributed by atoms with Gasteiger partial charge in [0, 0.05) is 10.4 Å². The fourth-order valence-corrected chi connectivity index (χ4v) is 5.44. The number of allylic oxidation sites excluding steroid dienone is 1. The number of hydrogen-bond acceptors (Lipinski definition) is 9. The number of para-hydroxylation sites is 1. The molecular weight excluding hydrogens is 476 g/mol. The molecule has 0 amide bonds. The number of thiophene rings is 1. The molecule has 3 aromatic rings. The zero-order chi connectivity index (χ0) is 24.2. The SMILES string of the molecule is CCOC(=O)COc1ccccc1C1C(C(=O)OC)=C(C)N=c2sc(=Cc3cccs3)c(=O)n21. The number of carbonyl (C=O) groups is 2. The molecule has 0 aliphatic carbocycles. The quantitative estimate of drug-likeness (QED) is 0.464. The number of esters is 2. The summed E-state index contributed by atoms with van der Waals surface area (Å²) in [4.78, 5) is 44.2. The van der Waals surface area contributed by atoms with Crippen LogP contribution in [0.2, 0.25) is 0 Å². The summed E-state index contributed by atoms with van der Waals surface area (Å²) in [5.41, 5.74) is 0.923. The predicted octanol–water partition coefficient (Wildman–Crippen LogP) is 2.41. The van der Waals surface area contributed by atoms with E-state index in [1.807, 2.05) is 23.6 Å². The lowest BCUT2D eigenvalue weighted by Gasteiger charge is -2.26. The first-order valence-electron chi connectivity index (χ1n) is 10.5. The van der Waals surface area contributed by atoms with Crippen molar-refractivity contribution in [3.63, 3.8) is 0 Å². The molecule has 1 unspecified atom stereocenters. The minimum Gasteiger partial charge on any atom is -0.482 e. The molecule has 0 spiro atoms. The van der Waals surface area contributed by atoms with Gasteiger partial charge in [-0.25, -0.2) is 14.6 Å². The number of methoxy groups -OCH3 is 1. The molecule has 8 nitrogen and oxygen atoms in total. The van der Waals surface area contributed by atoms with Crippen molar-refractivity contribution in [1.29, 1.82) is 0 Å². The van der Waals surface area contributed by atoms with Gasteiger partial charge in [0.15, 0.2) is 11.4 Å². The average Bonchev–Trinajstić information content (AvgIpc) is 3.45. The first-order valence-corrected chi connectivity index (χ1v) is 12.2. The van der Waals surface area contributed by atoms with Crippen molar-refractivity contribution in [2.45, 2.75) is 19.9 Å². The molecule has 1 aromatic carbocycles. The number of rotatable bonds is 7. The molecule has 10 heteroatoms. The Morgan fingerprint density at radius 3 is 2.71 bits per heavy atom. The first kappa shape index (κ1) is 23.7. The van der Waals surface area contributed by atoms with Crippen LogP contribution in [0, 0.1) is 0 Å². The van der Waals surface area contributed by atoms with E-state index in [0.29, 0.717) is 26.3 Å². The van der Waals surface area contributed by atoms with E-state index in [1.165, 1.54) is 34.4 Å². The van der Waals surface area contributed by atoms with Crippen LogP contribution in [0.1, 0.15) is 30.3 Å². The normalized spacial score (nSPS) is 15.5. The maximum absolute atomic E-state index is 13.5. The number of benzene rings is 1. The Morgan fingerprint density at radius 1 is 1.21 bits per heavy atom. The Balaban J connectivity index is 1.90. The maximum Gasteiger partial charge on any atom is 0.344 e. The van der Waals surface area contributed by atoms with E-state index in [4.69, 9.17) is 14.2 Å². The summed E-state index contributed by atoms with van der Waals surface area (Å²) in [7, 11) is 1.28. The van der Waals surface area contributed by atoms with Gasteiger partial charge in [-0.2, -0.15) is 0 Å². The van der Waals surface area contributed by atoms with Crippen molar-refractivity contribution in [2.24, 2.45) is 4.99 Å². The monoisotopic (exact) mass is 498 g/mol. The lowest BCUT2D eigenvalue weighted by molar-refractivity contribution is -0.145. The van der Waals surface area contributed by atoms with E-state index in [9.17, 15) is 14.4 Å². The van der Waals surface area contributed by atoms with E-state index >= 15 is 0 Å². The lowest BCUT2D eigenvalue weighted by atomic mass is 9.95. The first-order chi connectivity index (χ1) is 16.4.